The van der Waals surface area contributed by atoms with E-state index in [2.05, 4.69) is 15.0 Å². The average molecular weight is 320 g/mol. The molecule has 4 atom stereocenters. The molecule has 124 valence electrons. The van der Waals surface area contributed by atoms with Crippen LogP contribution in [0.25, 0.3) is 11.2 Å². The minimum atomic E-state index is -0.706. The van der Waals surface area contributed by atoms with Gasteiger partial charge in [0.1, 0.15) is 29.7 Å². The van der Waals surface area contributed by atoms with Crippen LogP contribution in [0.3, 0.4) is 0 Å². The molecule has 0 amide bonds. The van der Waals surface area contributed by atoms with Crippen LogP contribution in [-0.4, -0.2) is 55.3 Å². The molecule has 4 heterocycles. The topological polar surface area (TPSA) is 91.5 Å². The van der Waals surface area contributed by atoms with Gasteiger partial charge in [-0.2, -0.15) is 0 Å². The van der Waals surface area contributed by atoms with E-state index >= 15 is 0 Å². The summed E-state index contributed by atoms with van der Waals surface area (Å²) < 4.78 is 19.7. The van der Waals surface area contributed by atoms with E-state index in [1.807, 2.05) is 32.3 Å². The van der Waals surface area contributed by atoms with Crippen LogP contribution in [0, 0.1) is 13.8 Å². The third kappa shape index (κ3) is 2.25. The molecule has 23 heavy (non-hydrogen) atoms. The lowest BCUT2D eigenvalue weighted by atomic mass is 10.1. The molecule has 0 spiro atoms. The second-order valence-corrected chi connectivity index (χ2v) is 6.49. The zero-order chi connectivity index (χ0) is 16.4. The molecule has 8 heteroatoms. The maximum absolute atomic E-state index is 9.59. The highest BCUT2D eigenvalue weighted by Crippen LogP contribution is 2.43. The molecule has 0 unspecified atom stereocenters. The summed E-state index contributed by atoms with van der Waals surface area (Å²) in [6.07, 6.45) is 0.157. The van der Waals surface area contributed by atoms with Gasteiger partial charge in [-0.3, -0.25) is 4.57 Å². The molecule has 2 aromatic heterocycles. The molecule has 2 aromatic rings. The molecule has 8 nitrogen and oxygen atoms in total. The monoisotopic (exact) mass is 320 g/mol. The minimum absolute atomic E-state index is 0.128. The molecule has 2 aliphatic heterocycles. The Morgan fingerprint density at radius 1 is 1.22 bits per heavy atom. The highest BCUT2D eigenvalue weighted by Gasteiger charge is 2.55. The normalized spacial score (nSPS) is 32.6. The molecule has 0 aromatic carbocycles. The van der Waals surface area contributed by atoms with Gasteiger partial charge < -0.3 is 19.3 Å². The Bertz CT molecular complexity index is 759. The molecule has 0 radical (unpaired) electrons. The van der Waals surface area contributed by atoms with E-state index in [0.717, 1.165) is 11.2 Å². The van der Waals surface area contributed by atoms with Gasteiger partial charge in [0.15, 0.2) is 17.7 Å². The first-order valence-corrected chi connectivity index (χ1v) is 7.69. The summed E-state index contributed by atoms with van der Waals surface area (Å²) in [6.45, 7) is 7.34. The Balaban J connectivity index is 1.79. The predicted octanol–water partition coefficient (Wildman–Crippen LogP) is 0.853. The Kier molecular flexibility index (Phi) is 3.21. The highest BCUT2D eigenvalue weighted by atomic mass is 16.8. The number of hydrogen-bond acceptors (Lipinski definition) is 7. The van der Waals surface area contributed by atoms with Gasteiger partial charge >= 0.3 is 0 Å². The van der Waals surface area contributed by atoms with Gasteiger partial charge in [0.25, 0.3) is 0 Å². The molecule has 2 aliphatic rings. The second-order valence-electron chi connectivity index (χ2n) is 6.49. The number of hydrogen-bond donors (Lipinski definition) is 1. The smallest absolute Gasteiger partial charge is 0.166 e. The van der Waals surface area contributed by atoms with E-state index < -0.39 is 18.1 Å². The van der Waals surface area contributed by atoms with Crippen molar-refractivity contribution in [2.45, 2.75) is 58.0 Å². The average Bonchev–Trinajstić information content (AvgIpc) is 3.09. The Labute approximate surface area is 133 Å². The van der Waals surface area contributed by atoms with Crippen LogP contribution < -0.4 is 0 Å². The number of fused-ring (bicyclic) bond motifs is 2. The molecule has 2 fully saturated rings. The molecular formula is C15H20N4O4. The predicted molar refractivity (Wildman–Crippen MR) is 79.6 cm³/mol. The van der Waals surface area contributed by atoms with Crippen molar-refractivity contribution >= 4 is 11.2 Å². The first-order chi connectivity index (χ1) is 10.9. The number of aromatic nitrogens is 4. The van der Waals surface area contributed by atoms with Gasteiger partial charge in [0.2, 0.25) is 0 Å². The summed E-state index contributed by atoms with van der Waals surface area (Å²) in [7, 11) is 0. The molecule has 4 rings (SSSR count). The van der Waals surface area contributed by atoms with Crippen LogP contribution in [0.2, 0.25) is 0 Å². The third-order valence-electron chi connectivity index (χ3n) is 4.29. The van der Waals surface area contributed by atoms with Crippen molar-refractivity contribution in [2.75, 3.05) is 6.61 Å². The summed E-state index contributed by atoms with van der Waals surface area (Å²) in [4.78, 5) is 13.2. The van der Waals surface area contributed by atoms with Crippen LogP contribution in [0.5, 0.6) is 0 Å². The number of nitrogens with zero attached hydrogens (tertiary/aromatic N) is 4. The second kappa shape index (κ2) is 4.94. The Morgan fingerprint density at radius 3 is 2.70 bits per heavy atom. The number of rotatable bonds is 2. The fraction of sp³-hybridized carbons (Fsp3) is 0.667. The number of imidazole rings is 1. The standard InChI is InChI=1S/C15H20N4O4/c1-7-10-13(18-8(2)17-7)19(6-16-10)14-12-11(9(5-20)21-14)22-15(3,4)23-12/h6,9,11-12,14,20H,5H2,1-4H3/t9-,11-,12-,14-/m1/s1. The maximum atomic E-state index is 9.59. The van der Waals surface area contributed by atoms with Crippen molar-refractivity contribution in [2.24, 2.45) is 0 Å². The SMILES string of the molecule is Cc1nc(C)c2ncn([C@@H]3O[C@H](CO)[C@H]4OC(C)(C)O[C@H]43)c2n1. The molecular weight excluding hydrogens is 300 g/mol. The van der Waals surface area contributed by atoms with Crippen molar-refractivity contribution in [1.82, 2.24) is 19.5 Å². The van der Waals surface area contributed by atoms with E-state index in [1.165, 1.54) is 0 Å². The van der Waals surface area contributed by atoms with Crippen LogP contribution in [0.4, 0.5) is 0 Å². The molecule has 1 N–H and O–H groups in total. The summed E-state index contributed by atoms with van der Waals surface area (Å²) in [5.41, 5.74) is 2.26. The first-order valence-electron chi connectivity index (χ1n) is 7.69. The van der Waals surface area contributed by atoms with Gasteiger partial charge in [0, 0.05) is 0 Å². The zero-order valence-electron chi connectivity index (χ0n) is 13.6. The van der Waals surface area contributed by atoms with Gasteiger partial charge in [-0.25, -0.2) is 15.0 Å². The third-order valence-corrected chi connectivity index (χ3v) is 4.29. The van der Waals surface area contributed by atoms with E-state index in [9.17, 15) is 5.11 Å². The fourth-order valence-corrected chi connectivity index (χ4v) is 3.41. The van der Waals surface area contributed by atoms with E-state index in [0.29, 0.717) is 11.5 Å². The van der Waals surface area contributed by atoms with Gasteiger partial charge in [-0.15, -0.1) is 0 Å². The van der Waals surface area contributed by atoms with E-state index in [1.54, 1.807) is 6.33 Å². The lowest BCUT2D eigenvalue weighted by Crippen LogP contribution is -2.31. The minimum Gasteiger partial charge on any atom is -0.394 e. The summed E-state index contributed by atoms with van der Waals surface area (Å²) in [5.74, 6) is -0.0314. The van der Waals surface area contributed by atoms with Crippen LogP contribution >= 0.6 is 0 Å². The maximum Gasteiger partial charge on any atom is 0.166 e. The largest absolute Gasteiger partial charge is 0.394 e. The van der Waals surface area contributed by atoms with Crippen molar-refractivity contribution in [3.8, 4) is 0 Å². The van der Waals surface area contributed by atoms with Gasteiger partial charge in [-0.1, -0.05) is 0 Å². The van der Waals surface area contributed by atoms with Crippen molar-refractivity contribution < 1.29 is 19.3 Å². The zero-order valence-corrected chi connectivity index (χ0v) is 13.6. The van der Waals surface area contributed by atoms with Crippen LogP contribution in [0.15, 0.2) is 6.33 Å². The Hall–Kier alpha value is -1.61. The lowest BCUT2D eigenvalue weighted by molar-refractivity contribution is -0.199. The fourth-order valence-electron chi connectivity index (χ4n) is 3.41. The number of ether oxygens (including phenoxy) is 3. The van der Waals surface area contributed by atoms with Gasteiger partial charge in [-0.05, 0) is 27.7 Å². The first kappa shape index (κ1) is 14.9. The number of aliphatic hydroxyl groups is 1. The van der Waals surface area contributed by atoms with Gasteiger partial charge in [0.05, 0.1) is 18.6 Å². The molecule has 0 aliphatic carbocycles. The summed E-state index contributed by atoms with van der Waals surface area (Å²) >= 11 is 0. The quantitative estimate of drug-likeness (QED) is 0.877. The van der Waals surface area contributed by atoms with Crippen molar-refractivity contribution in [3.63, 3.8) is 0 Å². The molecule has 0 bridgehead atoms. The molecule has 0 saturated carbocycles. The number of aryl methyl sites for hydroxylation is 2. The lowest BCUT2D eigenvalue weighted by Gasteiger charge is -2.24. The van der Waals surface area contributed by atoms with E-state index in [-0.39, 0.29) is 18.8 Å². The Morgan fingerprint density at radius 2 is 1.96 bits per heavy atom. The number of aliphatic hydroxyl groups excluding tert-OH is 1. The highest BCUT2D eigenvalue weighted by molar-refractivity contribution is 5.73. The molecule has 2 saturated heterocycles. The summed E-state index contributed by atoms with van der Waals surface area (Å²) in [6, 6.07) is 0. The van der Waals surface area contributed by atoms with Crippen LogP contribution in [-0.2, 0) is 14.2 Å². The van der Waals surface area contributed by atoms with Crippen molar-refractivity contribution in [1.29, 1.82) is 0 Å². The summed E-state index contributed by atoms with van der Waals surface area (Å²) in [5, 5.41) is 9.59. The van der Waals surface area contributed by atoms with Crippen molar-refractivity contribution in [3.05, 3.63) is 17.8 Å². The van der Waals surface area contributed by atoms with E-state index in [4.69, 9.17) is 14.2 Å². The van der Waals surface area contributed by atoms with Crippen LogP contribution in [0.1, 0.15) is 31.6 Å².